The van der Waals surface area contributed by atoms with Crippen LogP contribution in [0.25, 0.3) is 77.2 Å². The molecule has 3 heterocycles. The number of benzene rings is 9. The Morgan fingerprint density at radius 3 is 1.46 bits per heavy atom. The van der Waals surface area contributed by atoms with Crippen LogP contribution in [0.15, 0.2) is 191 Å². The molecule has 0 aliphatic carbocycles. The van der Waals surface area contributed by atoms with Crippen LogP contribution < -0.4 is 16.5 Å². The molecule has 3 N–H and O–H groups in total. The van der Waals surface area contributed by atoms with E-state index in [4.69, 9.17) is 25.0 Å². The van der Waals surface area contributed by atoms with Gasteiger partial charge in [0.15, 0.2) is 0 Å². The zero-order valence-corrected chi connectivity index (χ0v) is 44.5. The van der Waals surface area contributed by atoms with Crippen molar-refractivity contribution in [2.75, 3.05) is 18.1 Å². The van der Waals surface area contributed by atoms with Crippen LogP contribution in [0.1, 0.15) is 38.1 Å². The first-order valence-electron chi connectivity index (χ1n) is 23.7. The minimum absolute atomic E-state index is 0.337. The lowest BCUT2D eigenvalue weighted by atomic mass is 9.78. The highest BCUT2D eigenvalue weighted by molar-refractivity contribution is 9.10. The maximum Gasteiger partial charge on any atom is 0.494 e. The summed E-state index contributed by atoms with van der Waals surface area (Å²) >= 11 is 6.91. The monoisotopic (exact) mass is 1080 g/mol. The van der Waals surface area contributed by atoms with Crippen LogP contribution >= 0.6 is 31.9 Å². The summed E-state index contributed by atoms with van der Waals surface area (Å²) in [5, 5.41) is 10.00. The van der Waals surface area contributed by atoms with E-state index in [-0.39, 0.29) is 18.3 Å². The van der Waals surface area contributed by atoms with Gasteiger partial charge in [0.1, 0.15) is 17.9 Å². The number of aryl methyl sites for hydroxylation is 2. The molecule has 9 nitrogen and oxygen atoms in total. The van der Waals surface area contributed by atoms with Gasteiger partial charge in [0.25, 0.3) is 0 Å². The van der Waals surface area contributed by atoms with E-state index < -0.39 is 0 Å². The molecule has 1 aliphatic heterocycles. The van der Waals surface area contributed by atoms with Crippen LogP contribution in [0.5, 0.6) is 0 Å². The summed E-state index contributed by atoms with van der Waals surface area (Å²) in [6, 6.07) is 61.5. The summed E-state index contributed by atoms with van der Waals surface area (Å²) in [5.41, 5.74) is 15.0. The number of halogens is 2. The molecule has 2 aromatic heterocycles. The number of para-hydroxylation sites is 6. The predicted molar refractivity (Wildman–Crippen MR) is 308 cm³/mol. The molecule has 9 aromatic carbocycles. The second-order valence-corrected chi connectivity index (χ2v) is 20.6. The Bertz CT molecular complexity index is 3760. The third kappa shape index (κ3) is 10.6. The van der Waals surface area contributed by atoms with E-state index in [1.807, 2.05) is 92.0 Å². The molecular formula is C60H55BBr2N6O3. The fraction of sp³-hybridized carbons (Fsp3) is 0.150. The highest BCUT2D eigenvalue weighted by Gasteiger charge is 2.51. The number of nitrogens with zero attached hydrogens (tertiary/aromatic N) is 4. The second kappa shape index (κ2) is 20.9. The molecule has 0 spiro atoms. The number of hydrogen-bond donors (Lipinski definition) is 2. The number of imidazole rings is 2. The van der Waals surface area contributed by atoms with Crippen molar-refractivity contribution >= 4 is 116 Å². The van der Waals surface area contributed by atoms with Gasteiger partial charge in [-0.05, 0) is 144 Å². The lowest BCUT2D eigenvalue weighted by molar-refractivity contribution is 0.00578. The Balaban J connectivity index is 0.000000129. The van der Waals surface area contributed by atoms with Crippen molar-refractivity contribution in [3.05, 3.63) is 196 Å². The number of aldehydes is 1. The number of nitrogen functional groups attached to an aromatic ring is 1. The summed E-state index contributed by atoms with van der Waals surface area (Å²) in [5.74, 6) is 1.98. The van der Waals surface area contributed by atoms with Crippen LogP contribution in [0.2, 0.25) is 0 Å². The van der Waals surface area contributed by atoms with Crippen molar-refractivity contribution < 1.29 is 14.1 Å². The van der Waals surface area contributed by atoms with Gasteiger partial charge in [0.05, 0.1) is 44.6 Å². The highest BCUT2D eigenvalue weighted by atomic mass is 79.9. The summed E-state index contributed by atoms with van der Waals surface area (Å²) < 4.78 is 18.9. The lowest BCUT2D eigenvalue weighted by Crippen LogP contribution is -2.41. The largest absolute Gasteiger partial charge is 0.494 e. The van der Waals surface area contributed by atoms with Gasteiger partial charge in [-0.2, -0.15) is 0 Å². The first-order valence-corrected chi connectivity index (χ1v) is 25.3. The second-order valence-electron chi connectivity index (χ2n) is 18.8. The van der Waals surface area contributed by atoms with E-state index in [0.29, 0.717) is 0 Å². The summed E-state index contributed by atoms with van der Waals surface area (Å²) in [6.45, 7) is 8.32. The molecule has 360 valence electrons. The average Bonchev–Trinajstić information content (AvgIpc) is 3.99. The summed E-state index contributed by atoms with van der Waals surface area (Å²) in [7, 11) is 5.64. The molecule has 0 radical (unpaired) electrons. The van der Waals surface area contributed by atoms with Crippen LogP contribution in [0.3, 0.4) is 0 Å². The number of aromatic nitrogens is 4. The molecule has 0 bridgehead atoms. The van der Waals surface area contributed by atoms with Crippen molar-refractivity contribution in [2.24, 2.45) is 14.1 Å². The Labute approximate surface area is 437 Å². The van der Waals surface area contributed by atoms with Gasteiger partial charge in [0.2, 0.25) is 0 Å². The third-order valence-electron chi connectivity index (χ3n) is 13.5. The molecule has 0 atom stereocenters. The Morgan fingerprint density at radius 2 is 0.972 bits per heavy atom. The van der Waals surface area contributed by atoms with E-state index in [0.717, 1.165) is 93.2 Å². The zero-order valence-electron chi connectivity index (χ0n) is 41.3. The van der Waals surface area contributed by atoms with Crippen molar-refractivity contribution in [1.82, 2.24) is 19.1 Å². The molecule has 0 saturated carbocycles. The molecule has 0 amide bonds. The quantitative estimate of drug-likeness (QED) is 0.100. The molecule has 0 unspecified atom stereocenters. The molecule has 1 saturated heterocycles. The Kier molecular flexibility index (Phi) is 14.5. The molecular weight excluding hydrogens is 1020 g/mol. The SMILES string of the molecule is CNc1ccccc1N.Cn1c(-c2ccc3cc(B4OC(C)(C)C(C)(C)O4)ccc3c2)nc2ccccc21.Cn1c(-c2ccc3cc(Br)ccc3c2)nc2ccccc21.O=Cc1ccc2cc(Br)ccc2c1. The van der Waals surface area contributed by atoms with E-state index in [1.54, 1.807) is 0 Å². The summed E-state index contributed by atoms with van der Waals surface area (Å²) in [4.78, 5) is 20.1. The molecule has 1 fully saturated rings. The highest BCUT2D eigenvalue weighted by Crippen LogP contribution is 2.37. The number of carbonyl (C=O) groups excluding carboxylic acids is 1. The van der Waals surface area contributed by atoms with Gasteiger partial charge in [-0.25, -0.2) is 9.97 Å². The number of carbonyl (C=O) groups is 1. The molecule has 12 heteroatoms. The Morgan fingerprint density at radius 1 is 0.542 bits per heavy atom. The van der Waals surface area contributed by atoms with Gasteiger partial charge in [-0.15, -0.1) is 0 Å². The van der Waals surface area contributed by atoms with Crippen LogP contribution in [-0.2, 0) is 23.4 Å². The lowest BCUT2D eigenvalue weighted by Gasteiger charge is -2.32. The van der Waals surface area contributed by atoms with Gasteiger partial charge < -0.3 is 29.5 Å². The van der Waals surface area contributed by atoms with Crippen molar-refractivity contribution in [2.45, 2.75) is 38.9 Å². The van der Waals surface area contributed by atoms with Crippen LogP contribution in [-0.4, -0.2) is 50.8 Å². The number of nitrogens with two attached hydrogens (primary N) is 1. The molecule has 11 aromatic rings. The number of fused-ring (bicyclic) bond motifs is 5. The fourth-order valence-electron chi connectivity index (χ4n) is 8.73. The minimum Gasteiger partial charge on any atom is -0.399 e. The number of hydrogen-bond acceptors (Lipinski definition) is 7. The zero-order chi connectivity index (χ0) is 50.7. The van der Waals surface area contributed by atoms with E-state index in [9.17, 15) is 4.79 Å². The molecule has 72 heavy (non-hydrogen) atoms. The summed E-state index contributed by atoms with van der Waals surface area (Å²) in [6.07, 6.45) is 0.863. The maximum atomic E-state index is 10.5. The van der Waals surface area contributed by atoms with Crippen molar-refractivity contribution in [1.29, 1.82) is 0 Å². The molecule has 1 aliphatic rings. The van der Waals surface area contributed by atoms with Crippen molar-refractivity contribution in [3.63, 3.8) is 0 Å². The smallest absolute Gasteiger partial charge is 0.399 e. The topological polar surface area (TPSA) is 109 Å². The standard InChI is InChI=1S/C24H25BN2O2.C18H13BrN2.C11H7BrO.C7H10N2/c1-23(2)24(3,4)29-25(28-23)19-13-12-16-14-18(11-10-17(16)15-19)22-26-20-8-6-7-9-21(20)27(22)5;1-21-17-5-3-2-4-16(17)20-18(21)14-7-6-13-11-15(19)9-8-12(13)10-14;12-11-4-3-9-5-8(7-13)1-2-10(9)6-11;1-9-7-5-3-2-4-6(7)8/h6-15H,1-5H3;2-11H,1H3;1-7H;2-5,9H,8H2,1H3. The molecule has 12 rings (SSSR count). The van der Waals surface area contributed by atoms with Gasteiger partial charge in [0, 0.05) is 46.8 Å². The number of rotatable bonds is 5. The minimum atomic E-state index is -0.344. The van der Waals surface area contributed by atoms with Gasteiger partial charge in [-0.1, -0.05) is 135 Å². The van der Waals surface area contributed by atoms with Crippen LogP contribution in [0.4, 0.5) is 11.4 Å². The first kappa shape index (κ1) is 49.9. The maximum absolute atomic E-state index is 10.5. The van der Waals surface area contributed by atoms with Crippen LogP contribution in [0, 0.1) is 0 Å². The van der Waals surface area contributed by atoms with E-state index in [2.05, 4.69) is 185 Å². The fourth-order valence-corrected chi connectivity index (χ4v) is 9.48. The predicted octanol–water partition coefficient (Wildman–Crippen LogP) is 14.6. The van der Waals surface area contributed by atoms with E-state index >= 15 is 0 Å². The van der Waals surface area contributed by atoms with Gasteiger partial charge >= 0.3 is 7.12 Å². The number of nitrogens with one attached hydrogen (secondary N) is 1. The number of anilines is 2. The normalized spacial score (nSPS) is 13.5. The Hall–Kier alpha value is -7.09. The first-order chi connectivity index (χ1) is 34.6. The van der Waals surface area contributed by atoms with Crippen molar-refractivity contribution in [3.8, 4) is 22.8 Å². The average molecular weight is 1080 g/mol. The van der Waals surface area contributed by atoms with E-state index in [1.165, 1.54) is 21.5 Å². The van der Waals surface area contributed by atoms with Gasteiger partial charge in [-0.3, -0.25) is 4.79 Å². The third-order valence-corrected chi connectivity index (χ3v) is 14.5.